The lowest BCUT2D eigenvalue weighted by Crippen LogP contribution is -2.40. The van der Waals surface area contributed by atoms with E-state index in [9.17, 15) is 9.59 Å². The molecule has 0 saturated carbocycles. The Kier molecular flexibility index (Phi) is 4.10. The summed E-state index contributed by atoms with van der Waals surface area (Å²) in [4.78, 5) is 37.4. The highest BCUT2D eigenvalue weighted by molar-refractivity contribution is 8.00. The van der Waals surface area contributed by atoms with Gasteiger partial charge < -0.3 is 10.6 Å². The fourth-order valence-electron chi connectivity index (χ4n) is 2.34. The van der Waals surface area contributed by atoms with Gasteiger partial charge in [-0.25, -0.2) is 4.98 Å². The largest absolute Gasteiger partial charge is 0.369 e. The zero-order valence-corrected chi connectivity index (χ0v) is 12.6. The average Bonchev–Trinajstić information content (AvgIpc) is 2.53. The number of amides is 1. The van der Waals surface area contributed by atoms with Gasteiger partial charge in [-0.05, 0) is 18.6 Å². The van der Waals surface area contributed by atoms with E-state index in [1.165, 1.54) is 11.8 Å². The minimum atomic E-state index is -0.208. The molecule has 22 heavy (non-hydrogen) atoms. The van der Waals surface area contributed by atoms with Crippen LogP contribution in [0, 0.1) is 0 Å². The SMILES string of the molecule is Nc1nc2c(c(=O)[nH]1)CCN(C(=O)CSc1ccncc1)C2. The van der Waals surface area contributed by atoms with E-state index in [4.69, 9.17) is 5.73 Å². The third-order valence-electron chi connectivity index (χ3n) is 3.46. The first-order valence-electron chi connectivity index (χ1n) is 6.81. The third-order valence-corrected chi connectivity index (χ3v) is 4.45. The van der Waals surface area contributed by atoms with Crippen LogP contribution in [-0.2, 0) is 17.8 Å². The maximum absolute atomic E-state index is 12.3. The second-order valence-electron chi connectivity index (χ2n) is 4.91. The highest BCUT2D eigenvalue weighted by atomic mass is 32.2. The van der Waals surface area contributed by atoms with Gasteiger partial charge in [-0.2, -0.15) is 0 Å². The number of hydrogen-bond acceptors (Lipinski definition) is 6. The maximum atomic E-state index is 12.3. The van der Waals surface area contributed by atoms with Gasteiger partial charge in [-0.1, -0.05) is 0 Å². The molecule has 1 amide bonds. The van der Waals surface area contributed by atoms with E-state index in [0.717, 1.165) is 4.90 Å². The van der Waals surface area contributed by atoms with Gasteiger partial charge in [-0.3, -0.25) is 19.6 Å². The molecule has 3 rings (SSSR count). The molecule has 1 aliphatic rings. The summed E-state index contributed by atoms with van der Waals surface area (Å²) in [7, 11) is 0. The van der Waals surface area contributed by atoms with Crippen molar-refractivity contribution in [3.63, 3.8) is 0 Å². The van der Waals surface area contributed by atoms with Crippen LogP contribution in [0.25, 0.3) is 0 Å². The molecule has 0 saturated heterocycles. The molecular weight excluding hydrogens is 302 g/mol. The van der Waals surface area contributed by atoms with Gasteiger partial charge in [0, 0.05) is 29.4 Å². The minimum Gasteiger partial charge on any atom is -0.369 e. The van der Waals surface area contributed by atoms with Crippen molar-refractivity contribution >= 4 is 23.6 Å². The van der Waals surface area contributed by atoms with Crippen LogP contribution < -0.4 is 11.3 Å². The topological polar surface area (TPSA) is 105 Å². The second kappa shape index (κ2) is 6.18. The van der Waals surface area contributed by atoms with Crippen molar-refractivity contribution in [1.29, 1.82) is 0 Å². The number of nitrogens with one attached hydrogen (secondary N) is 1. The predicted molar refractivity (Wildman–Crippen MR) is 83.4 cm³/mol. The standard InChI is InChI=1S/C14H15N5O2S/c15-14-17-11-7-19(6-3-10(11)13(21)18-14)12(20)8-22-9-1-4-16-5-2-9/h1-2,4-5H,3,6-8H2,(H3,15,17,18,21). The number of nitrogens with zero attached hydrogens (tertiary/aromatic N) is 3. The van der Waals surface area contributed by atoms with Crippen LogP contribution in [0.3, 0.4) is 0 Å². The number of aromatic amines is 1. The molecular formula is C14H15N5O2S. The molecule has 7 nitrogen and oxygen atoms in total. The lowest BCUT2D eigenvalue weighted by molar-refractivity contribution is -0.129. The Bertz CT molecular complexity index is 747. The number of nitrogen functional groups attached to an aromatic ring is 1. The molecule has 0 fully saturated rings. The van der Waals surface area contributed by atoms with Gasteiger partial charge in [0.05, 0.1) is 18.0 Å². The minimum absolute atomic E-state index is 0.0214. The van der Waals surface area contributed by atoms with E-state index in [0.29, 0.717) is 36.5 Å². The van der Waals surface area contributed by atoms with Crippen LogP contribution in [0.15, 0.2) is 34.2 Å². The number of hydrogen-bond donors (Lipinski definition) is 2. The van der Waals surface area contributed by atoms with Gasteiger partial charge >= 0.3 is 0 Å². The number of thioether (sulfide) groups is 1. The van der Waals surface area contributed by atoms with E-state index in [1.54, 1.807) is 17.3 Å². The lowest BCUT2D eigenvalue weighted by atomic mass is 10.1. The Morgan fingerprint density at radius 2 is 2.18 bits per heavy atom. The molecule has 2 aromatic rings. The first-order chi connectivity index (χ1) is 10.6. The zero-order valence-electron chi connectivity index (χ0n) is 11.8. The quantitative estimate of drug-likeness (QED) is 0.795. The van der Waals surface area contributed by atoms with E-state index < -0.39 is 0 Å². The van der Waals surface area contributed by atoms with Gasteiger partial charge in [0.2, 0.25) is 11.9 Å². The van der Waals surface area contributed by atoms with Gasteiger partial charge in [0.25, 0.3) is 5.56 Å². The Morgan fingerprint density at radius 3 is 2.95 bits per heavy atom. The van der Waals surface area contributed by atoms with E-state index in [1.807, 2.05) is 12.1 Å². The molecule has 2 aromatic heterocycles. The van der Waals surface area contributed by atoms with Crippen molar-refractivity contribution in [2.45, 2.75) is 17.9 Å². The number of rotatable bonds is 3. The van der Waals surface area contributed by atoms with E-state index >= 15 is 0 Å². The number of pyridine rings is 1. The monoisotopic (exact) mass is 317 g/mol. The first-order valence-corrected chi connectivity index (χ1v) is 7.80. The molecule has 0 atom stereocenters. The van der Waals surface area contributed by atoms with Gasteiger partial charge in [0.1, 0.15) is 0 Å². The summed E-state index contributed by atoms with van der Waals surface area (Å²) in [6.07, 6.45) is 3.90. The summed E-state index contributed by atoms with van der Waals surface area (Å²) in [5, 5.41) is 0. The Morgan fingerprint density at radius 1 is 1.41 bits per heavy atom. The Labute approximate surface area is 131 Å². The predicted octanol–water partition coefficient (Wildman–Crippen LogP) is 0.424. The molecule has 0 spiro atoms. The van der Waals surface area contributed by atoms with Crippen LogP contribution >= 0.6 is 11.8 Å². The van der Waals surface area contributed by atoms with E-state index in [-0.39, 0.29) is 17.4 Å². The van der Waals surface area contributed by atoms with Gasteiger partial charge in [0.15, 0.2) is 0 Å². The van der Waals surface area contributed by atoms with Crippen LogP contribution in [0.5, 0.6) is 0 Å². The van der Waals surface area contributed by atoms with Crippen molar-refractivity contribution in [2.24, 2.45) is 0 Å². The van der Waals surface area contributed by atoms with Crippen molar-refractivity contribution in [1.82, 2.24) is 19.9 Å². The van der Waals surface area contributed by atoms with Crippen LogP contribution in [-0.4, -0.2) is 38.1 Å². The highest BCUT2D eigenvalue weighted by Crippen LogP contribution is 2.19. The number of aromatic nitrogens is 3. The summed E-state index contributed by atoms with van der Waals surface area (Å²) in [5.74, 6) is 0.454. The average molecular weight is 317 g/mol. The van der Waals surface area contributed by atoms with Gasteiger partial charge in [-0.15, -0.1) is 11.8 Å². The summed E-state index contributed by atoms with van der Waals surface area (Å²) < 4.78 is 0. The molecule has 0 aliphatic carbocycles. The molecule has 114 valence electrons. The molecule has 0 bridgehead atoms. The summed E-state index contributed by atoms with van der Waals surface area (Å²) in [5.41, 5.74) is 6.57. The molecule has 0 unspecified atom stereocenters. The van der Waals surface area contributed by atoms with Crippen molar-refractivity contribution in [2.75, 3.05) is 18.0 Å². The fraction of sp³-hybridized carbons (Fsp3) is 0.286. The van der Waals surface area contributed by atoms with Crippen molar-refractivity contribution < 1.29 is 4.79 Å². The van der Waals surface area contributed by atoms with Crippen LogP contribution in [0.4, 0.5) is 5.95 Å². The zero-order chi connectivity index (χ0) is 15.5. The number of carbonyl (C=O) groups excluding carboxylic acids is 1. The smallest absolute Gasteiger partial charge is 0.255 e. The molecule has 0 aromatic carbocycles. The maximum Gasteiger partial charge on any atom is 0.255 e. The summed E-state index contributed by atoms with van der Waals surface area (Å²) in [6.45, 7) is 0.858. The van der Waals surface area contributed by atoms with Crippen LogP contribution in [0.1, 0.15) is 11.3 Å². The number of nitrogens with two attached hydrogens (primary N) is 1. The number of H-pyrrole nitrogens is 1. The molecule has 3 heterocycles. The number of fused-ring (bicyclic) bond motifs is 1. The fourth-order valence-corrected chi connectivity index (χ4v) is 3.13. The Balaban J connectivity index is 1.66. The molecule has 3 N–H and O–H groups in total. The normalized spacial score (nSPS) is 13.7. The summed E-state index contributed by atoms with van der Waals surface area (Å²) in [6, 6.07) is 3.73. The van der Waals surface area contributed by atoms with E-state index in [2.05, 4.69) is 15.0 Å². The summed E-state index contributed by atoms with van der Waals surface area (Å²) >= 11 is 1.47. The Hall–Kier alpha value is -2.35. The molecule has 8 heteroatoms. The van der Waals surface area contributed by atoms with Crippen molar-refractivity contribution in [3.05, 3.63) is 46.1 Å². The van der Waals surface area contributed by atoms with Crippen LogP contribution in [0.2, 0.25) is 0 Å². The lowest BCUT2D eigenvalue weighted by Gasteiger charge is -2.27. The molecule has 1 aliphatic heterocycles. The highest BCUT2D eigenvalue weighted by Gasteiger charge is 2.24. The second-order valence-corrected chi connectivity index (χ2v) is 5.96. The van der Waals surface area contributed by atoms with Crippen molar-refractivity contribution in [3.8, 4) is 0 Å². The third kappa shape index (κ3) is 3.11. The molecule has 0 radical (unpaired) electrons. The number of carbonyl (C=O) groups is 1. The first kappa shape index (κ1) is 14.6. The number of anilines is 1.